The van der Waals surface area contributed by atoms with Gasteiger partial charge in [-0.2, -0.15) is 0 Å². The number of nitrogens with zero attached hydrogens (tertiary/aromatic N) is 1. The third kappa shape index (κ3) is 5.54. The van der Waals surface area contributed by atoms with Gasteiger partial charge in [-0.1, -0.05) is 0 Å². The lowest BCUT2D eigenvalue weighted by molar-refractivity contribution is -0.131. The number of fused-ring (bicyclic) bond motifs is 1. The molecular formula is C26H26FNO5. The van der Waals surface area contributed by atoms with E-state index in [0.717, 1.165) is 38.9 Å². The van der Waals surface area contributed by atoms with Crippen molar-refractivity contribution in [3.8, 4) is 5.75 Å². The molecule has 0 N–H and O–H groups in total. The standard InChI is InChI=1S/C26H26FNO5/c1-17(29)33-22-8-9-24-23(15-22)26(31)20(16-32-24)3-2-12-28-13-10-19(11-14-28)25(30)18-4-6-21(27)7-5-18/h4-9,15-16,19H,2-3,10-14H2,1H3. The molecule has 0 aliphatic carbocycles. The molecule has 33 heavy (non-hydrogen) atoms. The zero-order chi connectivity index (χ0) is 23.4. The average Bonchev–Trinajstić information content (AvgIpc) is 2.81. The van der Waals surface area contributed by atoms with Crippen LogP contribution in [0.1, 0.15) is 42.1 Å². The highest BCUT2D eigenvalue weighted by atomic mass is 19.1. The van der Waals surface area contributed by atoms with E-state index in [1.54, 1.807) is 24.3 Å². The summed E-state index contributed by atoms with van der Waals surface area (Å²) in [7, 11) is 0. The smallest absolute Gasteiger partial charge is 0.308 e. The average molecular weight is 451 g/mol. The maximum Gasteiger partial charge on any atom is 0.308 e. The molecule has 0 amide bonds. The molecule has 2 heterocycles. The van der Waals surface area contributed by atoms with E-state index in [1.165, 1.54) is 31.4 Å². The molecule has 0 spiro atoms. The van der Waals surface area contributed by atoms with Gasteiger partial charge < -0.3 is 14.1 Å². The molecule has 0 radical (unpaired) electrons. The van der Waals surface area contributed by atoms with Crippen LogP contribution < -0.4 is 10.2 Å². The first kappa shape index (κ1) is 22.9. The summed E-state index contributed by atoms with van der Waals surface area (Å²) in [6, 6.07) is 10.5. The summed E-state index contributed by atoms with van der Waals surface area (Å²) in [6.07, 6.45) is 4.41. The number of ether oxygens (including phenoxy) is 1. The van der Waals surface area contributed by atoms with Crippen molar-refractivity contribution < 1.29 is 23.1 Å². The number of benzene rings is 2. The Labute approximate surface area is 191 Å². The quantitative estimate of drug-likeness (QED) is 0.301. The number of carbonyl (C=O) groups excluding carboxylic acids is 2. The number of esters is 1. The number of hydrogen-bond acceptors (Lipinski definition) is 6. The number of carbonyl (C=O) groups is 2. The van der Waals surface area contributed by atoms with Gasteiger partial charge >= 0.3 is 5.97 Å². The first-order valence-electron chi connectivity index (χ1n) is 11.2. The van der Waals surface area contributed by atoms with Gasteiger partial charge in [0.1, 0.15) is 17.1 Å². The van der Waals surface area contributed by atoms with Crippen LogP contribution in [0.15, 0.2) is 57.9 Å². The Kier molecular flexibility index (Phi) is 6.99. The van der Waals surface area contributed by atoms with Gasteiger partial charge in [0.05, 0.1) is 11.6 Å². The van der Waals surface area contributed by atoms with E-state index in [0.29, 0.717) is 34.3 Å². The van der Waals surface area contributed by atoms with Crippen LogP contribution in [0.3, 0.4) is 0 Å². The molecule has 0 bridgehead atoms. The molecule has 6 nitrogen and oxygen atoms in total. The number of piperidine rings is 1. The van der Waals surface area contributed by atoms with Crippen LogP contribution in [0.2, 0.25) is 0 Å². The Bertz CT molecular complexity index is 1210. The second-order valence-corrected chi connectivity index (χ2v) is 8.43. The van der Waals surface area contributed by atoms with Crippen LogP contribution in [0.5, 0.6) is 5.75 Å². The second kappa shape index (κ2) is 10.1. The molecule has 1 aliphatic heterocycles. The fraction of sp³-hybridized carbons (Fsp3) is 0.346. The minimum atomic E-state index is -0.446. The van der Waals surface area contributed by atoms with Crippen molar-refractivity contribution >= 4 is 22.7 Å². The topological polar surface area (TPSA) is 76.8 Å². The summed E-state index contributed by atoms with van der Waals surface area (Å²) in [4.78, 5) is 39.0. The summed E-state index contributed by atoms with van der Waals surface area (Å²) in [5, 5.41) is 0.395. The molecule has 7 heteroatoms. The molecule has 4 rings (SSSR count). The number of Topliss-reactive ketones (excluding diaryl/α,β-unsaturated/α-hetero) is 1. The Balaban J connectivity index is 1.30. The van der Waals surface area contributed by atoms with Gasteiger partial charge in [-0.05, 0) is 87.8 Å². The lowest BCUT2D eigenvalue weighted by Crippen LogP contribution is -2.37. The Hall–Kier alpha value is -3.32. The maximum atomic E-state index is 13.1. The summed E-state index contributed by atoms with van der Waals surface area (Å²) in [5.41, 5.74) is 1.49. The van der Waals surface area contributed by atoms with Crippen LogP contribution in [0.25, 0.3) is 11.0 Å². The van der Waals surface area contributed by atoms with Crippen molar-refractivity contribution in [2.45, 2.75) is 32.6 Å². The summed E-state index contributed by atoms with van der Waals surface area (Å²) in [6.45, 7) is 3.76. The highest BCUT2D eigenvalue weighted by Crippen LogP contribution is 2.23. The number of likely N-dealkylation sites (tertiary alicyclic amines) is 1. The first-order chi connectivity index (χ1) is 15.9. The van der Waals surface area contributed by atoms with E-state index in [-0.39, 0.29) is 22.9 Å². The largest absolute Gasteiger partial charge is 0.464 e. The first-order valence-corrected chi connectivity index (χ1v) is 11.2. The molecule has 1 fully saturated rings. The third-order valence-corrected chi connectivity index (χ3v) is 6.08. The van der Waals surface area contributed by atoms with Crippen LogP contribution in [-0.4, -0.2) is 36.3 Å². The second-order valence-electron chi connectivity index (χ2n) is 8.43. The molecule has 0 unspecified atom stereocenters. The number of rotatable bonds is 7. The summed E-state index contributed by atoms with van der Waals surface area (Å²) >= 11 is 0. The SMILES string of the molecule is CC(=O)Oc1ccc2occ(CCCN3CCC(C(=O)c4ccc(F)cc4)CC3)c(=O)c2c1. The van der Waals surface area contributed by atoms with Crippen molar-refractivity contribution in [3.63, 3.8) is 0 Å². The minimum absolute atomic E-state index is 0.0364. The number of hydrogen-bond donors (Lipinski definition) is 0. The van der Waals surface area contributed by atoms with Gasteiger partial charge in [-0.25, -0.2) is 4.39 Å². The molecule has 172 valence electrons. The predicted octanol–water partition coefficient (Wildman–Crippen LogP) is 4.38. The zero-order valence-electron chi connectivity index (χ0n) is 18.5. The van der Waals surface area contributed by atoms with Gasteiger partial charge in [0, 0.05) is 24.0 Å². The van der Waals surface area contributed by atoms with E-state index < -0.39 is 5.97 Å². The van der Waals surface area contributed by atoms with Crippen molar-refractivity contribution in [2.24, 2.45) is 5.92 Å². The molecule has 1 saturated heterocycles. The molecular weight excluding hydrogens is 425 g/mol. The fourth-order valence-electron chi connectivity index (χ4n) is 4.31. The molecule has 2 aromatic carbocycles. The highest BCUT2D eigenvalue weighted by molar-refractivity contribution is 5.97. The normalized spacial score (nSPS) is 15.0. The molecule has 1 aliphatic rings. The molecule has 1 aromatic heterocycles. The predicted molar refractivity (Wildman–Crippen MR) is 122 cm³/mol. The maximum absolute atomic E-state index is 13.1. The summed E-state index contributed by atoms with van der Waals surface area (Å²) in [5.74, 6) is -0.426. The van der Waals surface area contributed by atoms with Gasteiger partial charge in [-0.3, -0.25) is 14.4 Å². The van der Waals surface area contributed by atoms with Crippen molar-refractivity contribution in [3.05, 3.63) is 75.9 Å². The van der Waals surface area contributed by atoms with Crippen LogP contribution in [0.4, 0.5) is 4.39 Å². The third-order valence-electron chi connectivity index (χ3n) is 6.08. The van der Waals surface area contributed by atoms with Crippen molar-refractivity contribution in [1.82, 2.24) is 4.90 Å². The number of halogens is 1. The van der Waals surface area contributed by atoms with E-state index in [4.69, 9.17) is 9.15 Å². The van der Waals surface area contributed by atoms with Crippen molar-refractivity contribution in [2.75, 3.05) is 19.6 Å². The van der Waals surface area contributed by atoms with Crippen LogP contribution in [0, 0.1) is 11.7 Å². The van der Waals surface area contributed by atoms with E-state index >= 15 is 0 Å². The van der Waals surface area contributed by atoms with E-state index in [1.807, 2.05) is 0 Å². The Morgan fingerprint density at radius 2 is 1.85 bits per heavy atom. The Morgan fingerprint density at radius 3 is 2.55 bits per heavy atom. The number of ketones is 1. The van der Waals surface area contributed by atoms with E-state index in [2.05, 4.69) is 4.90 Å². The van der Waals surface area contributed by atoms with Gasteiger partial charge in [0.25, 0.3) is 0 Å². The fourth-order valence-corrected chi connectivity index (χ4v) is 4.31. The highest BCUT2D eigenvalue weighted by Gasteiger charge is 2.25. The van der Waals surface area contributed by atoms with Crippen molar-refractivity contribution in [1.29, 1.82) is 0 Å². The monoisotopic (exact) mass is 451 g/mol. The summed E-state index contributed by atoms with van der Waals surface area (Å²) < 4.78 is 23.8. The van der Waals surface area contributed by atoms with Crippen LogP contribution >= 0.6 is 0 Å². The Morgan fingerprint density at radius 1 is 1.12 bits per heavy atom. The minimum Gasteiger partial charge on any atom is -0.464 e. The molecule has 0 saturated carbocycles. The van der Waals surface area contributed by atoms with Gasteiger partial charge in [0.15, 0.2) is 11.2 Å². The van der Waals surface area contributed by atoms with E-state index in [9.17, 15) is 18.8 Å². The van der Waals surface area contributed by atoms with Gasteiger partial charge in [0.2, 0.25) is 0 Å². The lowest BCUT2D eigenvalue weighted by Gasteiger charge is -2.31. The lowest BCUT2D eigenvalue weighted by atomic mass is 9.89. The molecule has 3 aromatic rings. The van der Waals surface area contributed by atoms with Gasteiger partial charge in [-0.15, -0.1) is 0 Å². The number of aryl methyl sites for hydroxylation is 1. The molecule has 0 atom stereocenters. The van der Waals surface area contributed by atoms with Crippen LogP contribution in [-0.2, 0) is 11.2 Å². The zero-order valence-corrected chi connectivity index (χ0v) is 18.5.